The third kappa shape index (κ3) is 2.12. The number of hydrogen-bond acceptors (Lipinski definition) is 2. The molecule has 0 amide bonds. The molecule has 1 nitrogen and oxygen atoms in total. The molecule has 0 aliphatic carbocycles. The van der Waals surface area contributed by atoms with Crippen molar-refractivity contribution in [1.82, 2.24) is 0 Å². The number of hydrogen-bond donors (Lipinski definition) is 1. The molecule has 2 aromatic rings. The van der Waals surface area contributed by atoms with E-state index in [9.17, 15) is 4.39 Å². The van der Waals surface area contributed by atoms with Gasteiger partial charge >= 0.3 is 0 Å². The molecule has 0 radical (unpaired) electrons. The average molecular weight is 286 g/mol. The van der Waals surface area contributed by atoms with Gasteiger partial charge in [-0.15, -0.1) is 0 Å². The van der Waals surface area contributed by atoms with E-state index in [4.69, 9.17) is 5.73 Å². The quantitative estimate of drug-likeness (QED) is 0.893. The standard InChI is InChI=1S/C11H9BrFNS/c12-10-6-15-5-9(10)7-1-2-11(13)8(3-7)4-14/h1-3,5-6H,4,14H2. The molecule has 0 bridgehead atoms. The van der Waals surface area contributed by atoms with E-state index in [1.54, 1.807) is 23.5 Å². The van der Waals surface area contributed by atoms with Gasteiger partial charge in [0.05, 0.1) is 0 Å². The first-order valence-electron chi connectivity index (χ1n) is 4.43. The Hall–Kier alpha value is -0.710. The molecule has 1 heterocycles. The first-order valence-corrected chi connectivity index (χ1v) is 6.16. The maximum atomic E-state index is 13.2. The van der Waals surface area contributed by atoms with Crippen LogP contribution in [0, 0.1) is 5.82 Å². The van der Waals surface area contributed by atoms with Gasteiger partial charge in [-0.1, -0.05) is 6.07 Å². The average Bonchev–Trinajstić information content (AvgIpc) is 2.65. The fourth-order valence-electron chi connectivity index (χ4n) is 1.39. The predicted octanol–water partition coefficient (Wildman–Crippen LogP) is 3.78. The molecule has 0 aliphatic heterocycles. The molecule has 0 saturated carbocycles. The van der Waals surface area contributed by atoms with Crippen molar-refractivity contribution in [1.29, 1.82) is 0 Å². The van der Waals surface area contributed by atoms with Crippen molar-refractivity contribution in [3.05, 3.63) is 44.8 Å². The second-order valence-electron chi connectivity index (χ2n) is 3.14. The summed E-state index contributed by atoms with van der Waals surface area (Å²) < 4.78 is 14.3. The van der Waals surface area contributed by atoms with Crippen LogP contribution in [0.15, 0.2) is 33.4 Å². The van der Waals surface area contributed by atoms with Crippen LogP contribution in [0.1, 0.15) is 5.56 Å². The lowest BCUT2D eigenvalue weighted by atomic mass is 10.1. The van der Waals surface area contributed by atoms with Crippen molar-refractivity contribution in [3.8, 4) is 11.1 Å². The number of nitrogens with two attached hydrogens (primary N) is 1. The minimum absolute atomic E-state index is 0.224. The van der Waals surface area contributed by atoms with Crippen LogP contribution >= 0.6 is 27.3 Å². The monoisotopic (exact) mass is 285 g/mol. The van der Waals surface area contributed by atoms with Crippen molar-refractivity contribution in [2.45, 2.75) is 6.54 Å². The fraction of sp³-hybridized carbons (Fsp3) is 0.0909. The summed E-state index contributed by atoms with van der Waals surface area (Å²) in [5.41, 5.74) is 8.08. The number of halogens is 2. The van der Waals surface area contributed by atoms with E-state index < -0.39 is 0 Å². The van der Waals surface area contributed by atoms with Gasteiger partial charge in [0.15, 0.2) is 0 Å². The van der Waals surface area contributed by atoms with E-state index >= 15 is 0 Å². The highest BCUT2D eigenvalue weighted by Crippen LogP contribution is 2.32. The predicted molar refractivity (Wildman–Crippen MR) is 65.3 cm³/mol. The first-order chi connectivity index (χ1) is 7.22. The van der Waals surface area contributed by atoms with Crippen LogP contribution in [0.2, 0.25) is 0 Å². The lowest BCUT2D eigenvalue weighted by molar-refractivity contribution is 0.611. The maximum absolute atomic E-state index is 13.2. The van der Waals surface area contributed by atoms with Gasteiger partial charge in [-0.05, 0) is 39.0 Å². The van der Waals surface area contributed by atoms with Crippen LogP contribution in [-0.2, 0) is 6.54 Å². The van der Waals surface area contributed by atoms with Crippen LogP contribution < -0.4 is 5.73 Å². The van der Waals surface area contributed by atoms with Crippen LogP contribution in [-0.4, -0.2) is 0 Å². The Morgan fingerprint density at radius 1 is 1.33 bits per heavy atom. The van der Waals surface area contributed by atoms with E-state index in [0.717, 1.165) is 15.6 Å². The summed E-state index contributed by atoms with van der Waals surface area (Å²) in [5, 5.41) is 4.03. The Bertz CT molecular complexity index is 481. The Morgan fingerprint density at radius 2 is 2.13 bits per heavy atom. The van der Waals surface area contributed by atoms with Crippen LogP contribution in [0.5, 0.6) is 0 Å². The molecule has 0 saturated heterocycles. The summed E-state index contributed by atoms with van der Waals surface area (Å²) in [6.07, 6.45) is 0. The lowest BCUT2D eigenvalue weighted by Gasteiger charge is -2.04. The SMILES string of the molecule is NCc1cc(-c2cscc2Br)ccc1F. The summed E-state index contributed by atoms with van der Waals surface area (Å²) in [7, 11) is 0. The molecular weight excluding hydrogens is 277 g/mol. The highest BCUT2D eigenvalue weighted by Gasteiger charge is 2.07. The summed E-state index contributed by atoms with van der Waals surface area (Å²) in [6.45, 7) is 0.224. The second kappa shape index (κ2) is 4.43. The summed E-state index contributed by atoms with van der Waals surface area (Å²) in [5.74, 6) is -0.243. The highest BCUT2D eigenvalue weighted by atomic mass is 79.9. The molecule has 2 N–H and O–H groups in total. The van der Waals surface area contributed by atoms with Gasteiger partial charge in [-0.3, -0.25) is 0 Å². The van der Waals surface area contributed by atoms with Crippen molar-refractivity contribution >= 4 is 27.3 Å². The van der Waals surface area contributed by atoms with E-state index in [-0.39, 0.29) is 12.4 Å². The van der Waals surface area contributed by atoms with Gasteiger partial charge in [-0.2, -0.15) is 11.3 Å². The summed E-state index contributed by atoms with van der Waals surface area (Å²) in [4.78, 5) is 0. The van der Waals surface area contributed by atoms with E-state index in [1.165, 1.54) is 6.07 Å². The van der Waals surface area contributed by atoms with E-state index in [0.29, 0.717) is 5.56 Å². The molecule has 0 atom stereocenters. The van der Waals surface area contributed by atoms with Crippen molar-refractivity contribution < 1.29 is 4.39 Å². The normalized spacial score (nSPS) is 10.6. The van der Waals surface area contributed by atoms with Gasteiger partial charge in [-0.25, -0.2) is 4.39 Å². The maximum Gasteiger partial charge on any atom is 0.127 e. The molecule has 0 spiro atoms. The summed E-state index contributed by atoms with van der Waals surface area (Å²) in [6, 6.07) is 5.02. The third-order valence-electron chi connectivity index (χ3n) is 2.19. The Balaban J connectivity index is 2.51. The van der Waals surface area contributed by atoms with Crippen LogP contribution in [0.4, 0.5) is 4.39 Å². The van der Waals surface area contributed by atoms with Crippen molar-refractivity contribution in [2.75, 3.05) is 0 Å². The molecule has 0 unspecified atom stereocenters. The molecule has 0 aliphatic rings. The molecular formula is C11H9BrFNS. The third-order valence-corrected chi connectivity index (χ3v) is 3.89. The molecule has 78 valence electrons. The Morgan fingerprint density at radius 3 is 2.73 bits per heavy atom. The zero-order valence-corrected chi connectivity index (χ0v) is 10.2. The number of thiophene rings is 1. The highest BCUT2D eigenvalue weighted by molar-refractivity contribution is 9.10. The lowest BCUT2D eigenvalue weighted by Crippen LogP contribution is -1.99. The van der Waals surface area contributed by atoms with Gasteiger partial charge in [0.2, 0.25) is 0 Å². The first kappa shape index (κ1) is 10.8. The minimum Gasteiger partial charge on any atom is -0.326 e. The van der Waals surface area contributed by atoms with Gasteiger partial charge in [0.1, 0.15) is 5.82 Å². The van der Waals surface area contributed by atoms with Gasteiger partial charge in [0.25, 0.3) is 0 Å². The Labute approximate surface area is 99.9 Å². The smallest absolute Gasteiger partial charge is 0.127 e. The summed E-state index contributed by atoms with van der Waals surface area (Å²) >= 11 is 5.06. The molecule has 1 aromatic heterocycles. The van der Waals surface area contributed by atoms with Crippen LogP contribution in [0.3, 0.4) is 0 Å². The van der Waals surface area contributed by atoms with E-state index in [1.807, 2.05) is 10.8 Å². The van der Waals surface area contributed by atoms with Gasteiger partial charge in [0, 0.05) is 27.5 Å². The largest absolute Gasteiger partial charge is 0.326 e. The molecule has 2 rings (SSSR count). The van der Waals surface area contributed by atoms with E-state index in [2.05, 4.69) is 15.9 Å². The topological polar surface area (TPSA) is 26.0 Å². The number of rotatable bonds is 2. The van der Waals surface area contributed by atoms with Crippen molar-refractivity contribution in [2.24, 2.45) is 5.73 Å². The molecule has 15 heavy (non-hydrogen) atoms. The minimum atomic E-state index is -0.243. The number of benzene rings is 1. The molecule has 4 heteroatoms. The van der Waals surface area contributed by atoms with Crippen LogP contribution in [0.25, 0.3) is 11.1 Å². The Kier molecular flexibility index (Phi) is 3.19. The zero-order valence-electron chi connectivity index (χ0n) is 7.84. The molecule has 1 aromatic carbocycles. The van der Waals surface area contributed by atoms with Gasteiger partial charge < -0.3 is 5.73 Å². The zero-order chi connectivity index (χ0) is 10.8. The fourth-order valence-corrected chi connectivity index (χ4v) is 2.92. The second-order valence-corrected chi connectivity index (χ2v) is 4.74. The van der Waals surface area contributed by atoms with Crippen molar-refractivity contribution in [3.63, 3.8) is 0 Å². The molecule has 0 fully saturated rings.